The van der Waals surface area contributed by atoms with Gasteiger partial charge in [0.15, 0.2) is 0 Å². The monoisotopic (exact) mass is 180 g/mol. The van der Waals surface area contributed by atoms with Gasteiger partial charge in [0, 0.05) is 11.6 Å². The van der Waals surface area contributed by atoms with Gasteiger partial charge in [-0.3, -0.25) is 0 Å². The number of hydrogen-bond acceptors (Lipinski definition) is 2. The molecule has 2 unspecified atom stereocenters. The number of hydrazone groups is 1. The van der Waals surface area contributed by atoms with Gasteiger partial charge in [0.25, 0.3) is 0 Å². The third-order valence-corrected chi connectivity index (χ3v) is 3.75. The zero-order valence-electron chi connectivity index (χ0n) is 8.71. The van der Waals surface area contributed by atoms with E-state index in [1.54, 1.807) is 0 Å². The van der Waals surface area contributed by atoms with Gasteiger partial charge in [-0.25, -0.2) is 0 Å². The molecule has 0 spiro atoms. The predicted molar refractivity (Wildman–Crippen MR) is 55.8 cm³/mol. The van der Waals surface area contributed by atoms with Crippen LogP contribution >= 0.6 is 0 Å². The first-order valence-corrected chi connectivity index (χ1v) is 5.59. The summed E-state index contributed by atoms with van der Waals surface area (Å²) in [6.45, 7) is 4.44. The molecule has 0 aromatic carbocycles. The van der Waals surface area contributed by atoms with Crippen LogP contribution in [0.2, 0.25) is 0 Å². The van der Waals surface area contributed by atoms with Gasteiger partial charge in [-0.15, -0.1) is 0 Å². The van der Waals surface area contributed by atoms with Crippen molar-refractivity contribution in [1.29, 1.82) is 0 Å². The molecule has 0 aromatic rings. The van der Waals surface area contributed by atoms with E-state index in [0.717, 1.165) is 5.92 Å². The van der Waals surface area contributed by atoms with Crippen LogP contribution in [0.5, 0.6) is 0 Å². The molecular formula is C11H20N2. The molecule has 1 fully saturated rings. The molecule has 2 aliphatic rings. The SMILES string of the molecule is CC1=NNC(C2CCCCC2)C1C. The van der Waals surface area contributed by atoms with Gasteiger partial charge < -0.3 is 5.43 Å². The predicted octanol–water partition coefficient (Wildman–Crippen LogP) is 2.55. The minimum atomic E-state index is 0.639. The first kappa shape index (κ1) is 9.04. The molecule has 1 aliphatic carbocycles. The fraction of sp³-hybridized carbons (Fsp3) is 0.909. The Morgan fingerprint density at radius 2 is 1.92 bits per heavy atom. The summed E-state index contributed by atoms with van der Waals surface area (Å²) in [4.78, 5) is 0. The summed E-state index contributed by atoms with van der Waals surface area (Å²) in [5.41, 5.74) is 4.60. The molecule has 1 N–H and O–H groups in total. The average molecular weight is 180 g/mol. The van der Waals surface area contributed by atoms with Crippen molar-refractivity contribution >= 4 is 5.71 Å². The van der Waals surface area contributed by atoms with E-state index in [2.05, 4.69) is 24.4 Å². The molecule has 1 aliphatic heterocycles. The highest BCUT2D eigenvalue weighted by atomic mass is 15.3. The van der Waals surface area contributed by atoms with Crippen LogP contribution in [0.15, 0.2) is 5.10 Å². The van der Waals surface area contributed by atoms with Gasteiger partial charge in [-0.2, -0.15) is 5.10 Å². The molecule has 1 heterocycles. The molecule has 0 bridgehead atoms. The van der Waals surface area contributed by atoms with E-state index in [0.29, 0.717) is 12.0 Å². The van der Waals surface area contributed by atoms with Gasteiger partial charge in [0.2, 0.25) is 0 Å². The third kappa shape index (κ3) is 1.72. The van der Waals surface area contributed by atoms with Crippen LogP contribution in [0.25, 0.3) is 0 Å². The van der Waals surface area contributed by atoms with Crippen molar-refractivity contribution in [3.8, 4) is 0 Å². The summed E-state index contributed by atoms with van der Waals surface area (Å²) in [6, 6.07) is 0.639. The van der Waals surface area contributed by atoms with Crippen molar-refractivity contribution in [3.63, 3.8) is 0 Å². The minimum absolute atomic E-state index is 0.639. The summed E-state index contributed by atoms with van der Waals surface area (Å²) in [5, 5.41) is 4.34. The Labute approximate surface area is 80.8 Å². The van der Waals surface area contributed by atoms with Gasteiger partial charge in [0.05, 0.1) is 6.04 Å². The summed E-state index contributed by atoms with van der Waals surface area (Å²) < 4.78 is 0. The highest BCUT2D eigenvalue weighted by Gasteiger charge is 2.32. The fourth-order valence-corrected chi connectivity index (χ4v) is 2.66. The summed E-state index contributed by atoms with van der Waals surface area (Å²) in [5.74, 6) is 1.54. The van der Waals surface area contributed by atoms with Gasteiger partial charge in [0.1, 0.15) is 0 Å². The maximum Gasteiger partial charge on any atom is 0.0546 e. The lowest BCUT2D eigenvalue weighted by Crippen LogP contribution is -2.36. The van der Waals surface area contributed by atoms with E-state index in [-0.39, 0.29) is 0 Å². The van der Waals surface area contributed by atoms with Gasteiger partial charge in [-0.05, 0) is 25.7 Å². The molecule has 0 saturated heterocycles. The van der Waals surface area contributed by atoms with Crippen LogP contribution in [0.1, 0.15) is 46.0 Å². The summed E-state index contributed by atoms with van der Waals surface area (Å²) >= 11 is 0. The largest absolute Gasteiger partial charge is 0.306 e. The Morgan fingerprint density at radius 1 is 1.23 bits per heavy atom. The first-order valence-electron chi connectivity index (χ1n) is 5.59. The average Bonchev–Trinajstić information content (AvgIpc) is 2.49. The molecule has 13 heavy (non-hydrogen) atoms. The van der Waals surface area contributed by atoms with Crippen molar-refractivity contribution in [3.05, 3.63) is 0 Å². The van der Waals surface area contributed by atoms with Gasteiger partial charge >= 0.3 is 0 Å². The van der Waals surface area contributed by atoms with Crippen LogP contribution in [0, 0.1) is 11.8 Å². The second kappa shape index (κ2) is 3.69. The summed E-state index contributed by atoms with van der Waals surface area (Å²) in [6.07, 6.45) is 7.11. The Bertz CT molecular complexity index is 204. The maximum absolute atomic E-state index is 4.34. The molecular weight excluding hydrogens is 160 g/mol. The quantitative estimate of drug-likeness (QED) is 0.659. The Kier molecular flexibility index (Phi) is 2.56. The van der Waals surface area contributed by atoms with E-state index in [1.165, 1.54) is 37.8 Å². The molecule has 2 heteroatoms. The van der Waals surface area contributed by atoms with Crippen LogP contribution in [0.3, 0.4) is 0 Å². The van der Waals surface area contributed by atoms with E-state index < -0.39 is 0 Å². The van der Waals surface area contributed by atoms with E-state index >= 15 is 0 Å². The van der Waals surface area contributed by atoms with Crippen molar-refractivity contribution in [2.24, 2.45) is 16.9 Å². The Balaban J connectivity index is 1.94. The van der Waals surface area contributed by atoms with Crippen LogP contribution in [-0.4, -0.2) is 11.8 Å². The van der Waals surface area contributed by atoms with Crippen molar-refractivity contribution < 1.29 is 0 Å². The Morgan fingerprint density at radius 3 is 2.46 bits per heavy atom. The van der Waals surface area contributed by atoms with Crippen molar-refractivity contribution in [2.75, 3.05) is 0 Å². The van der Waals surface area contributed by atoms with Crippen molar-refractivity contribution in [1.82, 2.24) is 5.43 Å². The van der Waals surface area contributed by atoms with E-state index in [9.17, 15) is 0 Å². The maximum atomic E-state index is 4.34. The van der Waals surface area contributed by atoms with Gasteiger partial charge in [-0.1, -0.05) is 26.2 Å². The third-order valence-electron chi connectivity index (χ3n) is 3.75. The van der Waals surface area contributed by atoms with E-state index in [1.807, 2.05) is 0 Å². The molecule has 0 radical (unpaired) electrons. The molecule has 0 aromatic heterocycles. The van der Waals surface area contributed by atoms with E-state index in [4.69, 9.17) is 0 Å². The molecule has 2 atom stereocenters. The topological polar surface area (TPSA) is 24.4 Å². The molecule has 2 rings (SSSR count). The lowest BCUT2D eigenvalue weighted by Gasteiger charge is -2.29. The number of nitrogens with one attached hydrogen (secondary N) is 1. The highest BCUT2D eigenvalue weighted by molar-refractivity contribution is 5.85. The van der Waals surface area contributed by atoms with Crippen LogP contribution < -0.4 is 5.43 Å². The van der Waals surface area contributed by atoms with Crippen molar-refractivity contribution in [2.45, 2.75) is 52.0 Å². The minimum Gasteiger partial charge on any atom is -0.306 e. The molecule has 2 nitrogen and oxygen atoms in total. The lowest BCUT2D eigenvalue weighted by molar-refractivity contribution is 0.258. The second-order valence-electron chi connectivity index (χ2n) is 4.59. The zero-order valence-corrected chi connectivity index (χ0v) is 8.71. The Hall–Kier alpha value is -0.530. The molecule has 0 amide bonds. The number of nitrogens with zero attached hydrogens (tertiary/aromatic N) is 1. The number of hydrogen-bond donors (Lipinski definition) is 1. The lowest BCUT2D eigenvalue weighted by atomic mass is 9.79. The highest BCUT2D eigenvalue weighted by Crippen LogP contribution is 2.31. The standard InChI is InChI=1S/C11H20N2/c1-8-9(2)12-13-11(8)10-6-4-3-5-7-10/h8,10-11,13H,3-7H2,1-2H3. The fourth-order valence-electron chi connectivity index (χ4n) is 2.66. The second-order valence-corrected chi connectivity index (χ2v) is 4.59. The van der Waals surface area contributed by atoms with Crippen LogP contribution in [-0.2, 0) is 0 Å². The molecule has 74 valence electrons. The normalized spacial score (nSPS) is 35.7. The first-order chi connectivity index (χ1) is 6.29. The zero-order chi connectivity index (χ0) is 9.26. The molecule has 1 saturated carbocycles. The number of rotatable bonds is 1. The van der Waals surface area contributed by atoms with Crippen LogP contribution in [0.4, 0.5) is 0 Å². The summed E-state index contributed by atoms with van der Waals surface area (Å²) in [7, 11) is 0. The smallest absolute Gasteiger partial charge is 0.0546 e.